The molecule has 9 fully saturated rings. The van der Waals surface area contributed by atoms with Crippen molar-refractivity contribution in [1.29, 1.82) is 0 Å². The van der Waals surface area contributed by atoms with Crippen LogP contribution in [0.3, 0.4) is 0 Å². The summed E-state index contributed by atoms with van der Waals surface area (Å²) in [5.74, 6) is 3.12. The van der Waals surface area contributed by atoms with E-state index in [0.29, 0.717) is 47.8 Å². The molecule has 9 rings (SSSR count). The zero-order chi connectivity index (χ0) is 43.3. The minimum Gasteiger partial charge on any atom is -0.394 e. The first-order valence-electron chi connectivity index (χ1n) is 23.2. The maximum Gasteiger partial charge on any atom is 0.187 e. The van der Waals surface area contributed by atoms with Crippen LogP contribution in [0.1, 0.15) is 91.9 Å². The van der Waals surface area contributed by atoms with E-state index in [4.69, 9.17) is 37.9 Å². The fourth-order valence-corrected chi connectivity index (χ4v) is 14.4. The van der Waals surface area contributed by atoms with Gasteiger partial charge in [-0.25, -0.2) is 0 Å². The van der Waals surface area contributed by atoms with Crippen molar-refractivity contribution in [3.05, 3.63) is 0 Å². The van der Waals surface area contributed by atoms with Gasteiger partial charge in [-0.3, -0.25) is 0 Å². The lowest BCUT2D eigenvalue weighted by atomic mass is 9.44. The van der Waals surface area contributed by atoms with E-state index in [-0.39, 0.29) is 23.0 Å². The van der Waals surface area contributed by atoms with E-state index in [0.717, 1.165) is 51.6 Å². The highest BCUT2D eigenvalue weighted by Crippen LogP contribution is 2.71. The molecule has 17 nitrogen and oxygen atoms in total. The Balaban J connectivity index is 0.917. The van der Waals surface area contributed by atoms with Gasteiger partial charge in [0, 0.05) is 12.3 Å². The number of rotatable bonds is 8. The van der Waals surface area contributed by atoms with Crippen LogP contribution in [0.5, 0.6) is 0 Å². The summed E-state index contributed by atoms with van der Waals surface area (Å²) in [5, 5.41) is 95.1. The van der Waals surface area contributed by atoms with Crippen LogP contribution in [0.4, 0.5) is 0 Å². The van der Waals surface area contributed by atoms with Crippen molar-refractivity contribution in [2.75, 3.05) is 26.4 Å². The maximum absolute atomic E-state index is 11.5. The van der Waals surface area contributed by atoms with Crippen molar-refractivity contribution in [1.82, 2.24) is 0 Å². The van der Waals surface area contributed by atoms with E-state index in [1.165, 1.54) is 12.8 Å². The Morgan fingerprint density at radius 2 is 1.30 bits per heavy atom. The molecule has 0 bridgehead atoms. The molecule has 9 N–H and O–H groups in total. The molecule has 5 aliphatic heterocycles. The molecular formula is C44H72O17. The lowest BCUT2D eigenvalue weighted by molar-refractivity contribution is -0.392. The summed E-state index contributed by atoms with van der Waals surface area (Å²) >= 11 is 0. The molecule has 350 valence electrons. The van der Waals surface area contributed by atoms with Gasteiger partial charge < -0.3 is 83.9 Å². The van der Waals surface area contributed by atoms with Crippen LogP contribution in [0.2, 0.25) is 0 Å². The second kappa shape index (κ2) is 17.2. The normalized spacial score (nSPS) is 58.5. The van der Waals surface area contributed by atoms with Gasteiger partial charge in [0.25, 0.3) is 0 Å². The average molecular weight is 873 g/mol. The average Bonchev–Trinajstić information content (AvgIpc) is 3.69. The van der Waals surface area contributed by atoms with Crippen molar-refractivity contribution in [3.8, 4) is 0 Å². The standard InChI is InChI=1S/C44H72O17/c1-19-7-12-44(55-17-19)20(2)30-27(61-44)14-25-23-6-5-21-13-22(8-10-42(21,3)24(23)9-11-43(25,30)4)56-41-38(60-40-36(53)34(51)32(49)28(15-45)57-40)37(33(50)29(16-46)58-41)59-39-35(52)31(48)26(47)18-54-39/h19-41,45-53H,5-18H2,1-4H3/t19?,20-,21+,22-,23+,24-,25-,26+,27-,28+,29+,30-,31+,32+,33-,34-,35-,36+,37-,38+,39+,40-,41+,42-,43-,44+/m0/s1. The SMILES string of the molecule is CC1CC[C@@]2(OC1)O[C@H]1C[C@H]3[C@@H]4CC[C@@H]5C[C@@H](O[C@@H]6O[C@H](CO)[C@H](O)[C@H](O[C@H]7OC[C@@H](O)[C@@H](O)[C@@H]7O)[C@H]6O[C@@H]6O[C@H](CO)[C@@H](O)[C@H](O)[C@H]6O)CC[C@]5(C)[C@H]4CC[C@]3(C)[C@H]1[C@@H]2C. The molecule has 5 saturated heterocycles. The summed E-state index contributed by atoms with van der Waals surface area (Å²) in [5.41, 5.74) is 0.301. The molecule has 0 amide bonds. The largest absolute Gasteiger partial charge is 0.394 e. The van der Waals surface area contributed by atoms with E-state index in [9.17, 15) is 46.0 Å². The zero-order valence-corrected chi connectivity index (χ0v) is 36.0. The summed E-state index contributed by atoms with van der Waals surface area (Å²) in [4.78, 5) is 0. The summed E-state index contributed by atoms with van der Waals surface area (Å²) in [7, 11) is 0. The number of fused-ring (bicyclic) bond motifs is 7. The molecule has 26 atom stereocenters. The maximum atomic E-state index is 11.5. The highest BCUT2D eigenvalue weighted by Gasteiger charge is 2.69. The van der Waals surface area contributed by atoms with Crippen LogP contribution < -0.4 is 0 Å². The van der Waals surface area contributed by atoms with E-state index < -0.39 is 112 Å². The van der Waals surface area contributed by atoms with Gasteiger partial charge in [-0.2, -0.15) is 0 Å². The summed E-state index contributed by atoms with van der Waals surface area (Å²) in [6, 6.07) is 0. The van der Waals surface area contributed by atoms with Crippen molar-refractivity contribution >= 4 is 0 Å². The molecule has 0 aromatic rings. The number of aliphatic hydroxyl groups is 9. The third-order valence-electron chi connectivity index (χ3n) is 17.9. The Bertz CT molecular complexity index is 1520. The van der Waals surface area contributed by atoms with Crippen LogP contribution >= 0.6 is 0 Å². The molecule has 0 radical (unpaired) electrons. The second-order valence-corrected chi connectivity index (χ2v) is 21.1. The van der Waals surface area contributed by atoms with Gasteiger partial charge in [-0.05, 0) is 104 Å². The Morgan fingerprint density at radius 3 is 2.02 bits per heavy atom. The monoisotopic (exact) mass is 872 g/mol. The van der Waals surface area contributed by atoms with Crippen LogP contribution in [0.15, 0.2) is 0 Å². The van der Waals surface area contributed by atoms with Crippen LogP contribution in [-0.2, 0) is 37.9 Å². The molecule has 61 heavy (non-hydrogen) atoms. The van der Waals surface area contributed by atoms with Gasteiger partial charge in [-0.1, -0.05) is 27.7 Å². The van der Waals surface area contributed by atoms with Gasteiger partial charge in [0.05, 0.1) is 38.6 Å². The van der Waals surface area contributed by atoms with E-state index in [1.807, 2.05) is 0 Å². The van der Waals surface area contributed by atoms with Crippen LogP contribution in [0.25, 0.3) is 0 Å². The fraction of sp³-hybridized carbons (Fsp3) is 1.00. The molecule has 4 aliphatic carbocycles. The highest BCUT2D eigenvalue weighted by molar-refractivity contribution is 5.15. The van der Waals surface area contributed by atoms with Crippen molar-refractivity contribution < 1.29 is 83.9 Å². The van der Waals surface area contributed by atoms with Gasteiger partial charge in [0.2, 0.25) is 0 Å². The number of aliphatic hydroxyl groups excluding tert-OH is 9. The molecule has 9 aliphatic rings. The lowest BCUT2D eigenvalue weighted by Gasteiger charge is -2.61. The van der Waals surface area contributed by atoms with Crippen molar-refractivity contribution in [3.63, 3.8) is 0 Å². The number of ether oxygens (including phenoxy) is 8. The van der Waals surface area contributed by atoms with Crippen LogP contribution in [-0.4, -0.2) is 176 Å². The van der Waals surface area contributed by atoms with Crippen molar-refractivity contribution in [2.24, 2.45) is 52.3 Å². The second-order valence-electron chi connectivity index (χ2n) is 21.1. The summed E-state index contributed by atoms with van der Waals surface area (Å²) < 4.78 is 50.0. The molecule has 4 saturated carbocycles. The van der Waals surface area contributed by atoms with E-state index >= 15 is 0 Å². The third-order valence-corrected chi connectivity index (χ3v) is 17.9. The molecule has 1 unspecified atom stereocenters. The first kappa shape index (κ1) is 45.5. The Labute approximate surface area is 357 Å². The van der Waals surface area contributed by atoms with Crippen LogP contribution in [0, 0.1) is 52.3 Å². The molecule has 1 spiro atoms. The zero-order valence-electron chi connectivity index (χ0n) is 36.0. The van der Waals surface area contributed by atoms with Crippen molar-refractivity contribution in [2.45, 2.75) is 196 Å². The Hall–Kier alpha value is -0.680. The quantitative estimate of drug-likeness (QED) is 0.145. The summed E-state index contributed by atoms with van der Waals surface area (Å²) in [6.45, 7) is 8.68. The number of hydrogen-bond donors (Lipinski definition) is 9. The molecule has 5 heterocycles. The topological polar surface area (TPSA) is 256 Å². The molecule has 17 heteroatoms. The van der Waals surface area contributed by atoms with Gasteiger partial charge in [0.1, 0.15) is 67.1 Å². The smallest absolute Gasteiger partial charge is 0.187 e. The number of hydrogen-bond acceptors (Lipinski definition) is 17. The van der Waals surface area contributed by atoms with E-state index in [1.54, 1.807) is 0 Å². The fourth-order valence-electron chi connectivity index (χ4n) is 14.4. The first-order chi connectivity index (χ1) is 29.0. The van der Waals surface area contributed by atoms with E-state index in [2.05, 4.69) is 27.7 Å². The molecular weight excluding hydrogens is 800 g/mol. The molecule has 0 aromatic heterocycles. The van der Waals surface area contributed by atoms with Gasteiger partial charge in [-0.15, -0.1) is 0 Å². The predicted molar refractivity (Wildman–Crippen MR) is 210 cm³/mol. The minimum atomic E-state index is -1.82. The highest BCUT2D eigenvalue weighted by atomic mass is 16.8. The minimum absolute atomic E-state index is 0.0904. The summed E-state index contributed by atoms with van der Waals surface area (Å²) in [6.07, 6.45) is -11.8. The van der Waals surface area contributed by atoms with Gasteiger partial charge >= 0.3 is 0 Å². The third kappa shape index (κ3) is 7.58. The van der Waals surface area contributed by atoms with Gasteiger partial charge in [0.15, 0.2) is 24.7 Å². The molecule has 0 aromatic carbocycles. The lowest BCUT2D eigenvalue weighted by Crippen LogP contribution is -2.67. The predicted octanol–water partition coefficient (Wildman–Crippen LogP) is -0.0945. The first-order valence-corrected chi connectivity index (χ1v) is 23.2. The Morgan fingerprint density at radius 1 is 0.607 bits per heavy atom. The Kier molecular flexibility index (Phi) is 12.8.